The van der Waals surface area contributed by atoms with Gasteiger partial charge in [-0.3, -0.25) is 14.5 Å². The first-order chi connectivity index (χ1) is 11.8. The Morgan fingerprint density at radius 2 is 1.72 bits per heavy atom. The lowest BCUT2D eigenvalue weighted by Crippen LogP contribution is -2.33. The molecule has 0 spiro atoms. The fourth-order valence-corrected chi connectivity index (χ4v) is 2.58. The van der Waals surface area contributed by atoms with Gasteiger partial charge in [0.05, 0.1) is 23.2 Å². The van der Waals surface area contributed by atoms with Crippen molar-refractivity contribution < 1.29 is 27.5 Å². The Labute approximate surface area is 145 Å². The van der Waals surface area contributed by atoms with Gasteiger partial charge in [-0.15, -0.1) is 0 Å². The summed E-state index contributed by atoms with van der Waals surface area (Å²) in [7, 11) is 0. The van der Waals surface area contributed by atoms with Crippen molar-refractivity contribution in [2.24, 2.45) is 0 Å². The van der Waals surface area contributed by atoms with Gasteiger partial charge in [-0.05, 0) is 18.2 Å². The van der Waals surface area contributed by atoms with Gasteiger partial charge >= 0.3 is 6.18 Å². The highest BCUT2D eigenvalue weighted by atomic mass is 35.5. The average Bonchev–Trinajstić information content (AvgIpc) is 2.80. The minimum absolute atomic E-state index is 0.0780. The molecule has 25 heavy (non-hydrogen) atoms. The predicted molar refractivity (Wildman–Crippen MR) is 81.6 cm³/mol. The van der Waals surface area contributed by atoms with E-state index < -0.39 is 23.6 Å². The maximum absolute atomic E-state index is 12.6. The molecule has 0 N–H and O–H groups in total. The number of amides is 2. The molecule has 9 heteroatoms. The molecule has 1 aliphatic rings. The Kier molecular flexibility index (Phi) is 4.38. The number of carbonyl (C=O) groups is 2. The number of hydrogen-bond acceptors (Lipinski definition) is 4. The molecule has 2 aromatic rings. The maximum atomic E-state index is 12.6. The molecular formula is C16H10ClF3N2O3. The van der Waals surface area contributed by atoms with Crippen molar-refractivity contribution in [3.05, 3.63) is 58.2 Å². The summed E-state index contributed by atoms with van der Waals surface area (Å²) in [5.41, 5.74) is -0.387. The van der Waals surface area contributed by atoms with Crippen molar-refractivity contribution in [3.8, 4) is 5.88 Å². The van der Waals surface area contributed by atoms with Crippen molar-refractivity contribution in [1.82, 2.24) is 9.88 Å². The summed E-state index contributed by atoms with van der Waals surface area (Å²) in [4.78, 5) is 28.8. The number of fused-ring (bicyclic) bond motifs is 1. The van der Waals surface area contributed by atoms with E-state index in [0.717, 1.165) is 4.90 Å². The molecule has 2 heterocycles. The number of carbonyl (C=O) groups excluding carboxylic acids is 2. The van der Waals surface area contributed by atoms with E-state index in [9.17, 15) is 22.8 Å². The van der Waals surface area contributed by atoms with Gasteiger partial charge in [-0.25, -0.2) is 4.98 Å². The zero-order valence-electron chi connectivity index (χ0n) is 12.5. The summed E-state index contributed by atoms with van der Waals surface area (Å²) in [5, 5.41) is -0.308. The number of alkyl halides is 3. The van der Waals surface area contributed by atoms with Crippen LogP contribution in [0, 0.1) is 0 Å². The number of halogens is 4. The Morgan fingerprint density at radius 1 is 1.12 bits per heavy atom. The number of nitrogens with zero attached hydrogens (tertiary/aromatic N) is 2. The fraction of sp³-hybridized carbons (Fsp3) is 0.188. The number of benzene rings is 1. The average molecular weight is 371 g/mol. The molecule has 0 fully saturated rings. The third kappa shape index (κ3) is 3.30. The van der Waals surface area contributed by atoms with Crippen molar-refractivity contribution in [2.45, 2.75) is 6.18 Å². The summed E-state index contributed by atoms with van der Waals surface area (Å²) >= 11 is 5.73. The van der Waals surface area contributed by atoms with Crippen molar-refractivity contribution in [3.63, 3.8) is 0 Å². The molecule has 0 aliphatic carbocycles. The first-order valence-electron chi connectivity index (χ1n) is 7.10. The summed E-state index contributed by atoms with van der Waals surface area (Å²) in [5.74, 6) is -1.10. The van der Waals surface area contributed by atoms with Crippen LogP contribution < -0.4 is 4.74 Å². The van der Waals surface area contributed by atoms with Gasteiger partial charge in [0.25, 0.3) is 11.8 Å². The van der Waals surface area contributed by atoms with Crippen LogP contribution in [0.4, 0.5) is 13.2 Å². The van der Waals surface area contributed by atoms with Gasteiger partial charge in [0, 0.05) is 6.20 Å². The van der Waals surface area contributed by atoms with Crippen LogP contribution in [0.2, 0.25) is 5.02 Å². The molecule has 0 saturated carbocycles. The molecule has 0 saturated heterocycles. The summed E-state index contributed by atoms with van der Waals surface area (Å²) in [6, 6.07) is 7.09. The van der Waals surface area contributed by atoms with Crippen LogP contribution in [-0.2, 0) is 6.18 Å². The number of aromatic nitrogens is 1. The molecule has 1 aliphatic heterocycles. The second-order valence-corrected chi connectivity index (χ2v) is 5.57. The van der Waals surface area contributed by atoms with E-state index in [4.69, 9.17) is 16.3 Å². The second kappa shape index (κ2) is 6.36. The molecule has 0 bridgehead atoms. The molecule has 1 aromatic carbocycles. The van der Waals surface area contributed by atoms with Crippen LogP contribution in [0.5, 0.6) is 5.88 Å². The monoisotopic (exact) mass is 370 g/mol. The summed E-state index contributed by atoms with van der Waals surface area (Å²) in [6.07, 6.45) is -3.96. The minimum atomic E-state index is -4.56. The van der Waals surface area contributed by atoms with E-state index in [-0.39, 0.29) is 24.1 Å². The Bertz CT molecular complexity index is 820. The molecule has 5 nitrogen and oxygen atoms in total. The van der Waals surface area contributed by atoms with Gasteiger partial charge in [-0.1, -0.05) is 23.7 Å². The third-order valence-corrected chi connectivity index (χ3v) is 3.84. The Balaban J connectivity index is 1.65. The van der Waals surface area contributed by atoms with E-state index in [1.807, 2.05) is 0 Å². The smallest absolute Gasteiger partial charge is 0.417 e. The van der Waals surface area contributed by atoms with Crippen LogP contribution in [-0.4, -0.2) is 34.8 Å². The van der Waals surface area contributed by atoms with Crippen LogP contribution in [0.25, 0.3) is 0 Å². The molecule has 0 radical (unpaired) electrons. The van der Waals surface area contributed by atoms with Crippen molar-refractivity contribution in [1.29, 1.82) is 0 Å². The van der Waals surface area contributed by atoms with Gasteiger partial charge in [0.15, 0.2) is 0 Å². The van der Waals surface area contributed by atoms with Crippen molar-refractivity contribution >= 4 is 23.4 Å². The van der Waals surface area contributed by atoms with E-state index >= 15 is 0 Å². The van der Waals surface area contributed by atoms with Gasteiger partial charge in [-0.2, -0.15) is 13.2 Å². The van der Waals surface area contributed by atoms with Gasteiger partial charge in [0.1, 0.15) is 11.6 Å². The second-order valence-electron chi connectivity index (χ2n) is 5.16. The molecule has 1 aromatic heterocycles. The molecule has 2 amide bonds. The van der Waals surface area contributed by atoms with Crippen LogP contribution in [0.15, 0.2) is 36.5 Å². The maximum Gasteiger partial charge on any atom is 0.417 e. The Hall–Kier alpha value is -2.61. The van der Waals surface area contributed by atoms with E-state index in [1.54, 1.807) is 24.3 Å². The standard InChI is InChI=1S/C16H10ClF3N2O3/c17-12-7-9(16(18,19)20)8-21-13(12)25-6-5-22-14(23)10-3-1-2-4-11(10)15(22)24/h1-4,7-8H,5-6H2. The zero-order chi connectivity index (χ0) is 18.2. The molecule has 0 unspecified atom stereocenters. The zero-order valence-corrected chi connectivity index (χ0v) is 13.3. The van der Waals surface area contributed by atoms with Crippen LogP contribution in [0.1, 0.15) is 26.3 Å². The third-order valence-electron chi connectivity index (χ3n) is 3.57. The first kappa shape index (κ1) is 17.2. The lowest BCUT2D eigenvalue weighted by molar-refractivity contribution is -0.137. The van der Waals surface area contributed by atoms with E-state index in [0.29, 0.717) is 23.4 Å². The van der Waals surface area contributed by atoms with Gasteiger partial charge in [0.2, 0.25) is 5.88 Å². The number of imide groups is 1. The number of pyridine rings is 1. The number of ether oxygens (including phenoxy) is 1. The first-order valence-corrected chi connectivity index (χ1v) is 7.47. The highest BCUT2D eigenvalue weighted by Gasteiger charge is 2.35. The van der Waals surface area contributed by atoms with E-state index in [2.05, 4.69) is 4.98 Å². The van der Waals surface area contributed by atoms with Crippen LogP contribution in [0.3, 0.4) is 0 Å². The summed E-state index contributed by atoms with van der Waals surface area (Å²) < 4.78 is 42.9. The number of hydrogen-bond donors (Lipinski definition) is 0. The van der Waals surface area contributed by atoms with Crippen molar-refractivity contribution in [2.75, 3.05) is 13.2 Å². The Morgan fingerprint density at radius 3 is 2.24 bits per heavy atom. The fourth-order valence-electron chi connectivity index (χ4n) is 2.36. The quantitative estimate of drug-likeness (QED) is 0.774. The number of rotatable bonds is 4. The predicted octanol–water partition coefficient (Wildman–Crippen LogP) is 3.43. The van der Waals surface area contributed by atoms with Crippen LogP contribution >= 0.6 is 11.6 Å². The molecule has 3 rings (SSSR count). The highest BCUT2D eigenvalue weighted by Crippen LogP contribution is 2.33. The topological polar surface area (TPSA) is 59.5 Å². The SMILES string of the molecule is O=C1c2ccccc2C(=O)N1CCOc1ncc(C(F)(F)F)cc1Cl. The lowest BCUT2D eigenvalue weighted by Gasteiger charge is -2.15. The largest absolute Gasteiger partial charge is 0.475 e. The molecule has 130 valence electrons. The molecule has 0 atom stereocenters. The van der Waals surface area contributed by atoms with Gasteiger partial charge < -0.3 is 4.74 Å². The lowest BCUT2D eigenvalue weighted by atomic mass is 10.1. The highest BCUT2D eigenvalue weighted by molar-refractivity contribution is 6.31. The van der Waals surface area contributed by atoms with E-state index in [1.165, 1.54) is 0 Å². The minimum Gasteiger partial charge on any atom is -0.475 e. The summed E-state index contributed by atoms with van der Waals surface area (Å²) in [6.45, 7) is -0.227. The molecular weight excluding hydrogens is 361 g/mol. The normalized spacial score (nSPS) is 14.0.